The van der Waals surface area contributed by atoms with Crippen LogP contribution in [0, 0.1) is 5.41 Å². The summed E-state index contributed by atoms with van der Waals surface area (Å²) < 4.78 is 0. The summed E-state index contributed by atoms with van der Waals surface area (Å²) in [4.78, 5) is 6.82. The largest absolute Gasteiger partial charge is 0.326 e. The predicted molar refractivity (Wildman–Crippen MR) is 79.8 cm³/mol. The van der Waals surface area contributed by atoms with Crippen molar-refractivity contribution in [1.29, 1.82) is 0 Å². The molecule has 2 heterocycles. The zero-order valence-electron chi connectivity index (χ0n) is 12.5. The highest BCUT2D eigenvalue weighted by atomic mass is 15.2. The first-order valence-corrected chi connectivity index (χ1v) is 7.43. The molecule has 106 valence electrons. The van der Waals surface area contributed by atoms with Crippen LogP contribution in [0.1, 0.15) is 51.6 Å². The van der Waals surface area contributed by atoms with Gasteiger partial charge in [-0.25, -0.2) is 0 Å². The van der Waals surface area contributed by atoms with Crippen molar-refractivity contribution < 1.29 is 0 Å². The van der Waals surface area contributed by atoms with Gasteiger partial charge in [0.2, 0.25) is 0 Å². The Balaban J connectivity index is 2.16. The second-order valence-electron chi connectivity index (χ2n) is 6.50. The molecule has 1 aromatic heterocycles. The lowest BCUT2D eigenvalue weighted by atomic mass is 9.81. The molecular weight excluding hydrogens is 234 g/mol. The zero-order chi connectivity index (χ0) is 13.9. The summed E-state index contributed by atoms with van der Waals surface area (Å²) in [7, 11) is 0. The molecule has 0 aliphatic carbocycles. The van der Waals surface area contributed by atoms with E-state index < -0.39 is 0 Å². The summed E-state index contributed by atoms with van der Waals surface area (Å²) in [5.74, 6) is 0. The average Bonchev–Trinajstić information content (AvgIpc) is 2.42. The fourth-order valence-electron chi connectivity index (χ4n) is 2.91. The third-order valence-electron chi connectivity index (χ3n) is 4.45. The Morgan fingerprint density at radius 2 is 2.05 bits per heavy atom. The molecule has 0 saturated carbocycles. The highest BCUT2D eigenvalue weighted by Crippen LogP contribution is 2.35. The van der Waals surface area contributed by atoms with Crippen LogP contribution in [0.3, 0.4) is 0 Å². The van der Waals surface area contributed by atoms with E-state index in [1.807, 2.05) is 18.5 Å². The van der Waals surface area contributed by atoms with Crippen molar-refractivity contribution in [1.82, 2.24) is 9.88 Å². The van der Waals surface area contributed by atoms with E-state index in [9.17, 15) is 0 Å². The molecule has 1 aliphatic heterocycles. The molecule has 1 fully saturated rings. The Kier molecular flexibility index (Phi) is 4.58. The maximum absolute atomic E-state index is 6.38. The van der Waals surface area contributed by atoms with Gasteiger partial charge in [0.25, 0.3) is 0 Å². The summed E-state index contributed by atoms with van der Waals surface area (Å²) in [6.45, 7) is 9.18. The summed E-state index contributed by atoms with van der Waals surface area (Å²) in [6.07, 6.45) is 7.30. The highest BCUT2D eigenvalue weighted by molar-refractivity contribution is 5.16. The fourth-order valence-corrected chi connectivity index (χ4v) is 2.91. The minimum absolute atomic E-state index is 0.186. The third-order valence-corrected chi connectivity index (χ3v) is 4.45. The standard InChI is InChI=1S/C16H27N3/c1-4-14(17)15(13-6-5-9-18-12-13)19-10-7-16(2,3)8-11-19/h5-6,9,12,14-15H,4,7-8,10-11,17H2,1-3H3. The molecular formula is C16H27N3. The SMILES string of the molecule is CCC(N)C(c1cccnc1)N1CCC(C)(C)CC1. The molecule has 2 atom stereocenters. The van der Waals surface area contributed by atoms with Crippen LogP contribution < -0.4 is 5.73 Å². The maximum atomic E-state index is 6.38. The van der Waals surface area contributed by atoms with Crippen molar-refractivity contribution in [2.24, 2.45) is 11.1 Å². The summed E-state index contributed by atoms with van der Waals surface area (Å²) in [5, 5.41) is 0. The van der Waals surface area contributed by atoms with Crippen LogP contribution in [-0.4, -0.2) is 29.0 Å². The van der Waals surface area contributed by atoms with Gasteiger partial charge in [-0.2, -0.15) is 0 Å². The summed E-state index contributed by atoms with van der Waals surface area (Å²) >= 11 is 0. The molecule has 0 amide bonds. The van der Waals surface area contributed by atoms with Crippen molar-refractivity contribution in [3.05, 3.63) is 30.1 Å². The van der Waals surface area contributed by atoms with Gasteiger partial charge in [0, 0.05) is 18.4 Å². The molecule has 2 N–H and O–H groups in total. The average molecular weight is 261 g/mol. The van der Waals surface area contributed by atoms with E-state index in [0.717, 1.165) is 19.5 Å². The van der Waals surface area contributed by atoms with E-state index in [-0.39, 0.29) is 6.04 Å². The van der Waals surface area contributed by atoms with E-state index in [0.29, 0.717) is 11.5 Å². The van der Waals surface area contributed by atoms with Gasteiger partial charge in [-0.1, -0.05) is 26.8 Å². The van der Waals surface area contributed by atoms with Crippen molar-refractivity contribution in [2.75, 3.05) is 13.1 Å². The van der Waals surface area contributed by atoms with E-state index in [4.69, 9.17) is 5.73 Å². The normalized spacial score (nSPS) is 22.9. The van der Waals surface area contributed by atoms with Crippen molar-refractivity contribution in [3.8, 4) is 0 Å². The van der Waals surface area contributed by atoms with Crippen molar-refractivity contribution >= 4 is 0 Å². The van der Waals surface area contributed by atoms with Crippen LogP contribution in [0.5, 0.6) is 0 Å². The molecule has 19 heavy (non-hydrogen) atoms. The van der Waals surface area contributed by atoms with Gasteiger partial charge in [0.15, 0.2) is 0 Å². The number of aromatic nitrogens is 1. The van der Waals surface area contributed by atoms with Crippen LogP contribution in [0.4, 0.5) is 0 Å². The Labute approximate surface area is 117 Å². The lowest BCUT2D eigenvalue weighted by Gasteiger charge is -2.43. The van der Waals surface area contributed by atoms with Crippen molar-refractivity contribution in [2.45, 2.75) is 52.1 Å². The number of piperidine rings is 1. The van der Waals surface area contributed by atoms with Gasteiger partial charge >= 0.3 is 0 Å². The highest BCUT2D eigenvalue weighted by Gasteiger charge is 2.32. The van der Waals surface area contributed by atoms with E-state index in [1.165, 1.54) is 18.4 Å². The van der Waals surface area contributed by atoms with Crippen molar-refractivity contribution in [3.63, 3.8) is 0 Å². The zero-order valence-corrected chi connectivity index (χ0v) is 12.5. The topological polar surface area (TPSA) is 42.1 Å². The van der Waals surface area contributed by atoms with E-state index in [2.05, 4.69) is 36.7 Å². The molecule has 0 bridgehead atoms. The number of hydrogen-bond acceptors (Lipinski definition) is 3. The second kappa shape index (κ2) is 6.02. The van der Waals surface area contributed by atoms with Gasteiger partial charge in [-0.05, 0) is 49.4 Å². The lowest BCUT2D eigenvalue weighted by molar-refractivity contribution is 0.0807. The quantitative estimate of drug-likeness (QED) is 0.906. The predicted octanol–water partition coefficient (Wildman–Crippen LogP) is 2.98. The van der Waals surface area contributed by atoms with Crippen LogP contribution in [0.15, 0.2) is 24.5 Å². The first kappa shape index (κ1) is 14.5. The monoisotopic (exact) mass is 261 g/mol. The lowest BCUT2D eigenvalue weighted by Crippen LogP contribution is -2.46. The number of nitrogens with two attached hydrogens (primary N) is 1. The van der Waals surface area contributed by atoms with Gasteiger partial charge in [0.1, 0.15) is 0 Å². The van der Waals surface area contributed by atoms with Gasteiger partial charge in [0.05, 0.1) is 6.04 Å². The van der Waals surface area contributed by atoms with Crippen LogP contribution in [0.2, 0.25) is 0 Å². The number of rotatable bonds is 4. The van der Waals surface area contributed by atoms with Gasteiger partial charge in [-0.15, -0.1) is 0 Å². The molecule has 2 rings (SSSR count). The van der Waals surface area contributed by atoms with Crippen LogP contribution in [0.25, 0.3) is 0 Å². The molecule has 3 heteroatoms. The molecule has 0 aromatic carbocycles. The molecule has 2 unspecified atom stereocenters. The minimum atomic E-state index is 0.186. The van der Waals surface area contributed by atoms with E-state index >= 15 is 0 Å². The molecule has 1 aliphatic rings. The van der Waals surface area contributed by atoms with Crippen LogP contribution in [-0.2, 0) is 0 Å². The number of likely N-dealkylation sites (tertiary alicyclic amines) is 1. The van der Waals surface area contributed by atoms with Gasteiger partial charge < -0.3 is 5.73 Å². The second-order valence-corrected chi connectivity index (χ2v) is 6.50. The smallest absolute Gasteiger partial charge is 0.0514 e. The summed E-state index contributed by atoms with van der Waals surface area (Å²) in [5.41, 5.74) is 8.12. The van der Waals surface area contributed by atoms with Gasteiger partial charge in [-0.3, -0.25) is 9.88 Å². The first-order valence-electron chi connectivity index (χ1n) is 7.43. The molecule has 0 spiro atoms. The number of hydrogen-bond donors (Lipinski definition) is 1. The molecule has 1 aromatic rings. The first-order chi connectivity index (χ1) is 9.03. The fraction of sp³-hybridized carbons (Fsp3) is 0.688. The Morgan fingerprint density at radius 1 is 1.37 bits per heavy atom. The van der Waals surface area contributed by atoms with Crippen LogP contribution >= 0.6 is 0 Å². The Bertz CT molecular complexity index is 378. The molecule has 0 radical (unpaired) electrons. The number of pyridine rings is 1. The Morgan fingerprint density at radius 3 is 2.58 bits per heavy atom. The summed E-state index contributed by atoms with van der Waals surface area (Å²) in [6, 6.07) is 4.67. The Hall–Kier alpha value is -0.930. The minimum Gasteiger partial charge on any atom is -0.326 e. The molecule has 3 nitrogen and oxygen atoms in total. The van der Waals surface area contributed by atoms with E-state index in [1.54, 1.807) is 0 Å². The molecule has 1 saturated heterocycles. The maximum Gasteiger partial charge on any atom is 0.0514 e. The third kappa shape index (κ3) is 3.54. The number of nitrogens with zero attached hydrogens (tertiary/aromatic N) is 2.